The van der Waals surface area contributed by atoms with Crippen LogP contribution in [0, 0.1) is 0 Å². The van der Waals surface area contributed by atoms with E-state index in [0.717, 1.165) is 0 Å². The number of carboxylic acid groups (broad SMARTS) is 1. The lowest BCUT2D eigenvalue weighted by Gasteiger charge is -2.43. The Bertz CT molecular complexity index is 503. The number of carboxylic acids is 1. The fourth-order valence-corrected chi connectivity index (χ4v) is 4.40. The number of carbonyl (C=O) groups is 3. The van der Waals surface area contributed by atoms with Crippen molar-refractivity contribution < 1.29 is 19.5 Å². The monoisotopic (exact) mass is 312 g/mol. The number of fused-ring (bicyclic) bond motifs is 1. The van der Waals surface area contributed by atoms with Crippen LogP contribution < -0.4 is 5.32 Å². The quantitative estimate of drug-likeness (QED) is 0.583. The molecule has 0 bridgehead atoms. The van der Waals surface area contributed by atoms with Crippen LogP contribution in [-0.4, -0.2) is 50.0 Å². The highest BCUT2D eigenvalue weighted by atomic mass is 32.2. The maximum absolute atomic E-state index is 12.1. The highest BCUT2D eigenvalue weighted by Crippen LogP contribution is 2.50. The van der Waals surface area contributed by atoms with Gasteiger partial charge in [-0.15, -0.1) is 11.8 Å². The van der Waals surface area contributed by atoms with E-state index in [1.165, 1.54) is 16.7 Å². The summed E-state index contributed by atoms with van der Waals surface area (Å²) in [4.78, 5) is 36.7. The number of β-lactam (4-membered cyclic amide) rings is 1. The maximum Gasteiger partial charge on any atom is 0.327 e. The normalized spacial score (nSPS) is 30.1. The van der Waals surface area contributed by atoms with Crippen LogP contribution in [0.2, 0.25) is 0 Å². The molecule has 0 aromatic heterocycles. The van der Waals surface area contributed by atoms with Gasteiger partial charge in [-0.1, -0.05) is 12.2 Å². The number of nitrogens with zero attached hydrogens (tertiary/aromatic N) is 1. The zero-order valence-electron chi connectivity index (χ0n) is 12.3. The highest BCUT2D eigenvalue weighted by molar-refractivity contribution is 8.01. The van der Waals surface area contributed by atoms with Gasteiger partial charge >= 0.3 is 5.97 Å². The minimum atomic E-state index is -0.999. The summed E-state index contributed by atoms with van der Waals surface area (Å²) in [6.07, 6.45) is 4.73. The molecule has 0 aromatic rings. The van der Waals surface area contributed by atoms with Gasteiger partial charge in [0.2, 0.25) is 11.8 Å². The van der Waals surface area contributed by atoms with Crippen molar-refractivity contribution in [2.24, 2.45) is 0 Å². The summed E-state index contributed by atoms with van der Waals surface area (Å²) in [6, 6.07) is -1.44. The summed E-state index contributed by atoms with van der Waals surface area (Å²) in [7, 11) is 0. The van der Waals surface area contributed by atoms with E-state index in [4.69, 9.17) is 0 Å². The van der Waals surface area contributed by atoms with Crippen LogP contribution in [0.5, 0.6) is 0 Å². The minimum Gasteiger partial charge on any atom is -0.480 e. The van der Waals surface area contributed by atoms with Crippen molar-refractivity contribution >= 4 is 29.5 Å². The number of amides is 2. The number of rotatable bonds is 5. The Balaban J connectivity index is 2.00. The summed E-state index contributed by atoms with van der Waals surface area (Å²) in [5.41, 5.74) is 0. The number of thioether (sulfide) groups is 1. The topological polar surface area (TPSA) is 86.7 Å². The molecule has 6 nitrogen and oxygen atoms in total. The summed E-state index contributed by atoms with van der Waals surface area (Å²) in [5, 5.41) is 11.7. The molecule has 2 amide bonds. The molecule has 2 N–H and O–H groups in total. The molecule has 2 rings (SSSR count). The molecule has 0 radical (unpaired) electrons. The van der Waals surface area contributed by atoms with E-state index in [1.54, 1.807) is 0 Å². The first-order valence-electron chi connectivity index (χ1n) is 6.93. The van der Waals surface area contributed by atoms with Crippen LogP contribution in [0.1, 0.15) is 33.6 Å². The smallest absolute Gasteiger partial charge is 0.327 e. The van der Waals surface area contributed by atoms with E-state index in [0.29, 0.717) is 12.8 Å². The second kappa shape index (κ2) is 5.71. The second-order valence-electron chi connectivity index (χ2n) is 5.75. The average Bonchev–Trinajstić information content (AvgIpc) is 2.65. The van der Waals surface area contributed by atoms with Crippen molar-refractivity contribution in [2.45, 2.75) is 55.8 Å². The van der Waals surface area contributed by atoms with Gasteiger partial charge in [0.1, 0.15) is 17.5 Å². The molecule has 0 spiro atoms. The molecule has 0 aliphatic carbocycles. The van der Waals surface area contributed by atoms with Gasteiger partial charge in [0.15, 0.2) is 0 Å². The number of carbonyl (C=O) groups excluding carboxylic acids is 2. The van der Waals surface area contributed by atoms with E-state index in [2.05, 4.69) is 5.32 Å². The van der Waals surface area contributed by atoms with Crippen LogP contribution in [0.4, 0.5) is 0 Å². The highest BCUT2D eigenvalue weighted by Gasteiger charge is 2.64. The molecule has 0 saturated carbocycles. The van der Waals surface area contributed by atoms with Crippen molar-refractivity contribution in [3.05, 3.63) is 12.2 Å². The SMILES string of the molecule is C/C=C/CCC(=O)N[C@@H]1C(=O)N2[C@@H]1SC(C)(C)[C@@H]2C(=O)O. The molecule has 21 heavy (non-hydrogen) atoms. The number of allylic oxidation sites excluding steroid dienone is 2. The van der Waals surface area contributed by atoms with Crippen molar-refractivity contribution in [1.29, 1.82) is 0 Å². The molecule has 2 heterocycles. The molecule has 0 aromatic carbocycles. The Hall–Kier alpha value is -1.50. The fraction of sp³-hybridized carbons (Fsp3) is 0.643. The van der Waals surface area contributed by atoms with E-state index in [9.17, 15) is 19.5 Å². The Morgan fingerprint density at radius 3 is 2.71 bits per heavy atom. The number of hydrogen-bond donors (Lipinski definition) is 2. The van der Waals surface area contributed by atoms with E-state index >= 15 is 0 Å². The third kappa shape index (κ3) is 2.79. The summed E-state index contributed by atoms with van der Waals surface area (Å²) >= 11 is 1.43. The van der Waals surface area contributed by atoms with E-state index < -0.39 is 22.8 Å². The number of aliphatic carboxylic acids is 1. The van der Waals surface area contributed by atoms with E-state index in [-0.39, 0.29) is 17.2 Å². The van der Waals surface area contributed by atoms with Gasteiger partial charge in [-0.05, 0) is 27.2 Å². The molecule has 2 aliphatic rings. The first kappa shape index (κ1) is 15.9. The lowest BCUT2D eigenvalue weighted by molar-refractivity contribution is -0.161. The molecule has 2 fully saturated rings. The Morgan fingerprint density at radius 1 is 1.48 bits per heavy atom. The molecule has 0 unspecified atom stereocenters. The van der Waals surface area contributed by atoms with Crippen molar-refractivity contribution in [2.75, 3.05) is 0 Å². The summed E-state index contributed by atoms with van der Waals surface area (Å²) in [6.45, 7) is 5.51. The molecule has 2 aliphatic heterocycles. The number of nitrogens with one attached hydrogen (secondary N) is 1. The van der Waals surface area contributed by atoms with Crippen LogP contribution in [-0.2, 0) is 14.4 Å². The van der Waals surface area contributed by atoms with Crippen LogP contribution >= 0.6 is 11.8 Å². The predicted molar refractivity (Wildman–Crippen MR) is 79.7 cm³/mol. The van der Waals surface area contributed by atoms with Crippen LogP contribution in [0.15, 0.2) is 12.2 Å². The van der Waals surface area contributed by atoms with Gasteiger partial charge in [0.05, 0.1) is 0 Å². The third-order valence-electron chi connectivity index (χ3n) is 3.77. The third-order valence-corrected chi connectivity index (χ3v) is 5.34. The van der Waals surface area contributed by atoms with Gasteiger partial charge in [0.25, 0.3) is 0 Å². The summed E-state index contributed by atoms with van der Waals surface area (Å²) < 4.78 is -0.559. The van der Waals surface area contributed by atoms with Gasteiger partial charge in [0, 0.05) is 11.2 Å². The Labute approximate surface area is 127 Å². The first-order chi connectivity index (χ1) is 9.79. The zero-order valence-corrected chi connectivity index (χ0v) is 13.1. The van der Waals surface area contributed by atoms with Gasteiger partial charge in [-0.25, -0.2) is 4.79 Å². The lowest BCUT2D eigenvalue weighted by Crippen LogP contribution is -2.70. The van der Waals surface area contributed by atoms with Gasteiger partial charge in [-0.2, -0.15) is 0 Å². The molecule has 2 saturated heterocycles. The van der Waals surface area contributed by atoms with Crippen LogP contribution in [0.25, 0.3) is 0 Å². The Kier molecular flexibility index (Phi) is 4.32. The molecule has 116 valence electrons. The second-order valence-corrected chi connectivity index (χ2v) is 7.52. The van der Waals surface area contributed by atoms with Crippen LogP contribution in [0.3, 0.4) is 0 Å². The molecular formula is C14H20N2O4S. The standard InChI is InChI=1S/C14H20N2O4S/c1-4-5-6-7-8(17)15-9-11(18)16-10(13(19)20)14(2,3)21-12(9)16/h4-5,9-10,12H,6-7H2,1-3H3,(H,15,17)(H,19,20)/b5-4+/t9-,10+,12-/m1/s1. The molecule has 3 atom stereocenters. The lowest BCUT2D eigenvalue weighted by atomic mass is 9.96. The predicted octanol–water partition coefficient (Wildman–Crippen LogP) is 0.974. The van der Waals surface area contributed by atoms with E-state index in [1.807, 2.05) is 32.9 Å². The first-order valence-corrected chi connectivity index (χ1v) is 7.81. The number of hydrogen-bond acceptors (Lipinski definition) is 4. The van der Waals surface area contributed by atoms with Crippen molar-refractivity contribution in [3.63, 3.8) is 0 Å². The fourth-order valence-electron chi connectivity index (χ4n) is 2.77. The zero-order chi connectivity index (χ0) is 15.8. The largest absolute Gasteiger partial charge is 0.480 e. The Morgan fingerprint density at radius 2 is 2.14 bits per heavy atom. The van der Waals surface area contributed by atoms with Gasteiger partial charge < -0.3 is 15.3 Å². The van der Waals surface area contributed by atoms with Crippen molar-refractivity contribution in [1.82, 2.24) is 10.2 Å². The summed E-state index contributed by atoms with van der Waals surface area (Å²) in [5.74, 6) is -1.48. The minimum absolute atomic E-state index is 0.178. The van der Waals surface area contributed by atoms with Crippen molar-refractivity contribution in [3.8, 4) is 0 Å². The maximum atomic E-state index is 12.1. The molecular weight excluding hydrogens is 292 g/mol. The molecule has 7 heteroatoms. The van der Waals surface area contributed by atoms with Gasteiger partial charge in [-0.3, -0.25) is 9.59 Å². The average molecular weight is 312 g/mol.